The Morgan fingerprint density at radius 3 is 2.73 bits per heavy atom. The van der Waals surface area contributed by atoms with Crippen molar-refractivity contribution in [3.8, 4) is 5.75 Å². The van der Waals surface area contributed by atoms with Gasteiger partial charge in [-0.05, 0) is 70.2 Å². The lowest BCUT2D eigenvalue weighted by molar-refractivity contribution is -0.0184. The van der Waals surface area contributed by atoms with Gasteiger partial charge in [-0.1, -0.05) is 19.1 Å². The van der Waals surface area contributed by atoms with Crippen molar-refractivity contribution in [2.75, 3.05) is 19.7 Å². The van der Waals surface area contributed by atoms with E-state index in [4.69, 9.17) is 4.74 Å². The SMILES string of the molecule is CCCN(CCOC(C)(C)C)C1CCc2c(O)cccc2C1. The first-order valence-electron chi connectivity index (χ1n) is 8.58. The Morgan fingerprint density at radius 2 is 2.05 bits per heavy atom. The van der Waals surface area contributed by atoms with Crippen LogP contribution in [0.2, 0.25) is 0 Å². The van der Waals surface area contributed by atoms with E-state index in [9.17, 15) is 5.11 Å². The van der Waals surface area contributed by atoms with E-state index >= 15 is 0 Å². The summed E-state index contributed by atoms with van der Waals surface area (Å²) < 4.78 is 5.90. The zero-order valence-electron chi connectivity index (χ0n) is 14.6. The third kappa shape index (κ3) is 4.72. The second-order valence-electron chi connectivity index (χ2n) is 7.31. The molecule has 1 aromatic carbocycles. The van der Waals surface area contributed by atoms with Crippen LogP contribution in [0.15, 0.2) is 18.2 Å². The molecule has 0 saturated heterocycles. The minimum Gasteiger partial charge on any atom is -0.508 e. The smallest absolute Gasteiger partial charge is 0.119 e. The summed E-state index contributed by atoms with van der Waals surface area (Å²) in [5.74, 6) is 0.467. The predicted molar refractivity (Wildman–Crippen MR) is 91.5 cm³/mol. The normalized spacial score (nSPS) is 18.5. The lowest BCUT2D eigenvalue weighted by Crippen LogP contribution is -2.42. The lowest BCUT2D eigenvalue weighted by Gasteiger charge is -2.36. The number of phenols is 1. The van der Waals surface area contributed by atoms with Crippen LogP contribution < -0.4 is 0 Å². The van der Waals surface area contributed by atoms with E-state index in [1.54, 1.807) is 6.07 Å². The monoisotopic (exact) mass is 305 g/mol. The van der Waals surface area contributed by atoms with E-state index < -0.39 is 0 Å². The molecule has 1 N–H and O–H groups in total. The fraction of sp³-hybridized carbons (Fsp3) is 0.684. The van der Waals surface area contributed by atoms with Gasteiger partial charge in [-0.15, -0.1) is 0 Å². The van der Waals surface area contributed by atoms with Crippen molar-refractivity contribution in [2.24, 2.45) is 0 Å². The van der Waals surface area contributed by atoms with E-state index in [1.165, 1.54) is 12.0 Å². The van der Waals surface area contributed by atoms with Gasteiger partial charge in [-0.25, -0.2) is 0 Å². The molecule has 1 aromatic rings. The van der Waals surface area contributed by atoms with Crippen molar-refractivity contribution >= 4 is 0 Å². The maximum Gasteiger partial charge on any atom is 0.119 e. The summed E-state index contributed by atoms with van der Waals surface area (Å²) >= 11 is 0. The minimum atomic E-state index is -0.0666. The van der Waals surface area contributed by atoms with Crippen molar-refractivity contribution in [3.05, 3.63) is 29.3 Å². The number of aromatic hydroxyl groups is 1. The van der Waals surface area contributed by atoms with Crippen LogP contribution in [-0.4, -0.2) is 41.3 Å². The highest BCUT2D eigenvalue weighted by atomic mass is 16.5. The first-order chi connectivity index (χ1) is 10.4. The third-order valence-corrected chi connectivity index (χ3v) is 4.37. The van der Waals surface area contributed by atoms with E-state index in [2.05, 4.69) is 38.7 Å². The first-order valence-corrected chi connectivity index (χ1v) is 8.58. The summed E-state index contributed by atoms with van der Waals surface area (Å²) in [6.07, 6.45) is 4.31. The van der Waals surface area contributed by atoms with Gasteiger partial charge in [0, 0.05) is 12.6 Å². The molecule has 2 rings (SSSR count). The Balaban J connectivity index is 1.98. The Morgan fingerprint density at radius 1 is 1.27 bits per heavy atom. The average Bonchev–Trinajstić information content (AvgIpc) is 2.45. The topological polar surface area (TPSA) is 32.7 Å². The van der Waals surface area contributed by atoms with Crippen molar-refractivity contribution in [2.45, 2.75) is 65.0 Å². The summed E-state index contributed by atoms with van der Waals surface area (Å²) in [7, 11) is 0. The molecule has 0 radical (unpaired) electrons. The molecule has 0 bridgehead atoms. The quantitative estimate of drug-likeness (QED) is 0.868. The summed E-state index contributed by atoms with van der Waals surface area (Å²) in [6, 6.07) is 6.50. The van der Waals surface area contributed by atoms with Crippen molar-refractivity contribution in [1.82, 2.24) is 4.90 Å². The molecule has 1 aliphatic rings. The van der Waals surface area contributed by atoms with E-state index in [0.717, 1.165) is 44.5 Å². The highest BCUT2D eigenvalue weighted by Gasteiger charge is 2.25. The molecule has 0 aromatic heterocycles. The molecular weight excluding hydrogens is 274 g/mol. The zero-order chi connectivity index (χ0) is 16.2. The largest absolute Gasteiger partial charge is 0.508 e. The number of fused-ring (bicyclic) bond motifs is 1. The molecule has 0 saturated carbocycles. The highest BCUT2D eigenvalue weighted by Crippen LogP contribution is 2.30. The molecule has 1 unspecified atom stereocenters. The van der Waals surface area contributed by atoms with Crippen LogP contribution in [0.5, 0.6) is 5.75 Å². The van der Waals surface area contributed by atoms with Crippen molar-refractivity contribution < 1.29 is 9.84 Å². The van der Waals surface area contributed by atoms with Crippen molar-refractivity contribution in [3.63, 3.8) is 0 Å². The van der Waals surface area contributed by atoms with Crippen LogP contribution in [0, 0.1) is 0 Å². The number of ether oxygens (including phenoxy) is 1. The van der Waals surface area contributed by atoms with Crippen LogP contribution in [0.3, 0.4) is 0 Å². The summed E-state index contributed by atoms with van der Waals surface area (Å²) in [6.45, 7) is 11.5. The van der Waals surface area contributed by atoms with Gasteiger partial charge in [0.25, 0.3) is 0 Å². The number of nitrogens with zero attached hydrogens (tertiary/aromatic N) is 1. The summed E-state index contributed by atoms with van der Waals surface area (Å²) in [4.78, 5) is 2.57. The fourth-order valence-corrected chi connectivity index (χ4v) is 3.31. The van der Waals surface area contributed by atoms with Crippen LogP contribution in [0.25, 0.3) is 0 Å². The molecule has 0 amide bonds. The Labute approximate surface area is 135 Å². The zero-order valence-corrected chi connectivity index (χ0v) is 14.6. The van der Waals surface area contributed by atoms with E-state index in [-0.39, 0.29) is 5.60 Å². The molecule has 124 valence electrons. The third-order valence-electron chi connectivity index (χ3n) is 4.37. The molecule has 1 atom stereocenters. The Hall–Kier alpha value is -1.06. The van der Waals surface area contributed by atoms with Gasteiger partial charge in [0.2, 0.25) is 0 Å². The maximum absolute atomic E-state index is 9.98. The molecule has 0 spiro atoms. The van der Waals surface area contributed by atoms with Gasteiger partial charge in [-0.3, -0.25) is 4.90 Å². The molecule has 0 fully saturated rings. The molecular formula is C19H31NO2. The summed E-state index contributed by atoms with van der Waals surface area (Å²) in [5, 5.41) is 9.98. The second kappa shape index (κ2) is 7.47. The van der Waals surface area contributed by atoms with Crippen LogP contribution in [0.4, 0.5) is 0 Å². The molecule has 0 aliphatic heterocycles. The van der Waals surface area contributed by atoms with Gasteiger partial charge >= 0.3 is 0 Å². The van der Waals surface area contributed by atoms with Gasteiger partial charge in [-0.2, -0.15) is 0 Å². The first kappa shape index (κ1) is 17.3. The van der Waals surface area contributed by atoms with Crippen LogP contribution in [-0.2, 0) is 17.6 Å². The highest BCUT2D eigenvalue weighted by molar-refractivity contribution is 5.41. The van der Waals surface area contributed by atoms with Crippen molar-refractivity contribution in [1.29, 1.82) is 0 Å². The maximum atomic E-state index is 9.98. The molecule has 3 heteroatoms. The molecule has 3 nitrogen and oxygen atoms in total. The number of hydrogen-bond acceptors (Lipinski definition) is 3. The molecule has 1 aliphatic carbocycles. The van der Waals surface area contributed by atoms with Gasteiger partial charge in [0.05, 0.1) is 12.2 Å². The van der Waals surface area contributed by atoms with E-state index in [0.29, 0.717) is 11.8 Å². The van der Waals surface area contributed by atoms with Gasteiger partial charge < -0.3 is 9.84 Å². The van der Waals surface area contributed by atoms with E-state index in [1.807, 2.05) is 6.07 Å². The number of hydrogen-bond donors (Lipinski definition) is 1. The van der Waals surface area contributed by atoms with Gasteiger partial charge in [0.15, 0.2) is 0 Å². The number of benzene rings is 1. The molecule has 0 heterocycles. The summed E-state index contributed by atoms with van der Waals surface area (Å²) in [5.41, 5.74) is 2.40. The number of phenolic OH excluding ortho intramolecular Hbond substituents is 1. The Kier molecular flexibility index (Phi) is 5.87. The van der Waals surface area contributed by atoms with Crippen LogP contribution in [0.1, 0.15) is 51.7 Å². The van der Waals surface area contributed by atoms with Crippen LogP contribution >= 0.6 is 0 Å². The fourth-order valence-electron chi connectivity index (χ4n) is 3.31. The predicted octanol–water partition coefficient (Wildman–Crippen LogP) is 3.78. The average molecular weight is 305 g/mol. The second-order valence-corrected chi connectivity index (χ2v) is 7.31. The molecule has 22 heavy (non-hydrogen) atoms. The number of rotatable bonds is 6. The lowest BCUT2D eigenvalue weighted by atomic mass is 9.87. The van der Waals surface area contributed by atoms with Gasteiger partial charge in [0.1, 0.15) is 5.75 Å². The Bertz CT molecular complexity index is 479. The standard InChI is InChI=1S/C19H31NO2/c1-5-11-20(12-13-22-19(2,3)4)16-9-10-17-15(14-16)7-6-8-18(17)21/h6-8,16,21H,5,9-14H2,1-4H3. The minimum absolute atomic E-state index is 0.0666.